The first kappa shape index (κ1) is 17.5. The van der Waals surface area contributed by atoms with Gasteiger partial charge in [0.25, 0.3) is 5.91 Å². The summed E-state index contributed by atoms with van der Waals surface area (Å²) in [5.41, 5.74) is 2.36. The normalized spacial score (nSPS) is 17.9. The highest BCUT2D eigenvalue weighted by atomic mass is 32.2. The summed E-state index contributed by atoms with van der Waals surface area (Å²) in [5.74, 6) is 0.341. The largest absolute Gasteiger partial charge is 0.385 e. The molecular weight excluding hydrogens is 330 g/mol. The highest BCUT2D eigenvalue weighted by molar-refractivity contribution is 8.15. The molecule has 1 aliphatic heterocycles. The number of amidine groups is 1. The van der Waals surface area contributed by atoms with Crippen molar-refractivity contribution in [2.24, 2.45) is 4.99 Å². The molecule has 0 fully saturated rings. The highest BCUT2D eigenvalue weighted by Crippen LogP contribution is 2.24. The van der Waals surface area contributed by atoms with E-state index in [9.17, 15) is 4.79 Å². The van der Waals surface area contributed by atoms with Gasteiger partial charge in [0.05, 0.1) is 5.25 Å². The van der Waals surface area contributed by atoms with Gasteiger partial charge in [-0.3, -0.25) is 4.79 Å². The van der Waals surface area contributed by atoms with Gasteiger partial charge >= 0.3 is 0 Å². The molecule has 1 aliphatic rings. The minimum absolute atomic E-state index is 0.0327. The van der Waals surface area contributed by atoms with Crippen molar-refractivity contribution < 1.29 is 4.79 Å². The summed E-state index contributed by atoms with van der Waals surface area (Å²) in [6.07, 6.45) is 0.765. The number of nitrogens with zero attached hydrogens (tertiary/aromatic N) is 1. The second-order valence-corrected chi connectivity index (χ2v) is 7.33. The molecule has 2 N–H and O–H groups in total. The highest BCUT2D eigenvalue weighted by Gasteiger charge is 2.28. The third-order valence-corrected chi connectivity index (χ3v) is 5.36. The zero-order valence-electron chi connectivity index (χ0n) is 14.3. The van der Waals surface area contributed by atoms with Gasteiger partial charge in [-0.05, 0) is 30.0 Å². The van der Waals surface area contributed by atoms with E-state index in [2.05, 4.69) is 34.7 Å². The molecule has 25 heavy (non-hydrogen) atoms. The maximum absolute atomic E-state index is 12.1. The SMILES string of the molecule is C[C@H](CNC1=NC(=O)C(CCNc2ccccc2)S1)c1ccccc1. The predicted octanol–water partition coefficient (Wildman–Crippen LogP) is 3.88. The molecule has 0 radical (unpaired) electrons. The quantitative estimate of drug-likeness (QED) is 0.793. The van der Waals surface area contributed by atoms with Crippen LogP contribution >= 0.6 is 11.8 Å². The summed E-state index contributed by atoms with van der Waals surface area (Å²) < 4.78 is 0. The lowest BCUT2D eigenvalue weighted by molar-refractivity contribution is -0.117. The fourth-order valence-corrected chi connectivity index (χ4v) is 3.66. The Morgan fingerprint density at radius 2 is 1.72 bits per heavy atom. The van der Waals surface area contributed by atoms with Crippen LogP contribution in [0.25, 0.3) is 0 Å². The first-order valence-electron chi connectivity index (χ1n) is 8.59. The summed E-state index contributed by atoms with van der Waals surface area (Å²) >= 11 is 1.54. The molecule has 2 aromatic rings. The molecule has 0 aromatic heterocycles. The molecule has 0 aliphatic carbocycles. The van der Waals surface area contributed by atoms with Crippen molar-refractivity contribution in [2.45, 2.75) is 24.5 Å². The topological polar surface area (TPSA) is 53.5 Å². The second-order valence-electron chi connectivity index (χ2n) is 6.14. The summed E-state index contributed by atoms with van der Waals surface area (Å²) in [7, 11) is 0. The number of carbonyl (C=O) groups excluding carboxylic acids is 1. The number of rotatable bonds is 7. The van der Waals surface area contributed by atoms with Gasteiger partial charge in [-0.25, -0.2) is 0 Å². The van der Waals surface area contributed by atoms with E-state index in [0.717, 1.165) is 30.4 Å². The Hall–Kier alpha value is -2.27. The molecule has 2 atom stereocenters. The number of anilines is 1. The van der Waals surface area contributed by atoms with E-state index in [1.54, 1.807) is 11.8 Å². The molecule has 0 bridgehead atoms. The third kappa shape index (κ3) is 5.10. The average molecular weight is 353 g/mol. The zero-order chi connectivity index (χ0) is 17.5. The molecule has 130 valence electrons. The van der Waals surface area contributed by atoms with E-state index < -0.39 is 0 Å². The van der Waals surface area contributed by atoms with Crippen LogP contribution in [0, 0.1) is 0 Å². The Morgan fingerprint density at radius 1 is 1.04 bits per heavy atom. The summed E-state index contributed by atoms with van der Waals surface area (Å²) in [6, 6.07) is 20.4. The van der Waals surface area contributed by atoms with E-state index in [0.29, 0.717) is 5.92 Å². The second kappa shape index (κ2) is 8.72. The van der Waals surface area contributed by atoms with Gasteiger partial charge in [-0.15, -0.1) is 0 Å². The molecule has 0 saturated heterocycles. The van der Waals surface area contributed by atoms with Crippen molar-refractivity contribution in [1.82, 2.24) is 5.32 Å². The van der Waals surface area contributed by atoms with Gasteiger partial charge in [-0.1, -0.05) is 67.2 Å². The van der Waals surface area contributed by atoms with E-state index in [4.69, 9.17) is 0 Å². The van der Waals surface area contributed by atoms with Crippen molar-refractivity contribution >= 4 is 28.5 Å². The van der Waals surface area contributed by atoms with Crippen LogP contribution in [0.15, 0.2) is 65.7 Å². The lowest BCUT2D eigenvalue weighted by atomic mass is 10.0. The number of thioether (sulfide) groups is 1. The number of amides is 1. The van der Waals surface area contributed by atoms with Crippen LogP contribution in [0.1, 0.15) is 24.8 Å². The smallest absolute Gasteiger partial charge is 0.261 e. The molecule has 3 rings (SSSR count). The van der Waals surface area contributed by atoms with Gasteiger partial charge in [0.2, 0.25) is 0 Å². The number of hydrogen-bond donors (Lipinski definition) is 2. The van der Waals surface area contributed by atoms with Crippen LogP contribution in [0.3, 0.4) is 0 Å². The lowest BCUT2D eigenvalue weighted by Gasteiger charge is -2.14. The number of para-hydroxylation sites is 1. The first-order chi connectivity index (χ1) is 12.2. The van der Waals surface area contributed by atoms with E-state index >= 15 is 0 Å². The van der Waals surface area contributed by atoms with Crippen LogP contribution in [-0.2, 0) is 4.79 Å². The van der Waals surface area contributed by atoms with Crippen LogP contribution in [0.2, 0.25) is 0 Å². The summed E-state index contributed by atoms with van der Waals surface area (Å²) in [4.78, 5) is 16.2. The Balaban J connectivity index is 1.41. The molecule has 0 saturated carbocycles. The Labute approximate surface area is 153 Å². The zero-order valence-corrected chi connectivity index (χ0v) is 15.1. The van der Waals surface area contributed by atoms with Crippen LogP contribution in [0.5, 0.6) is 0 Å². The Morgan fingerprint density at radius 3 is 2.44 bits per heavy atom. The molecular formula is C20H23N3OS. The fourth-order valence-electron chi connectivity index (χ4n) is 2.69. The fraction of sp³-hybridized carbons (Fsp3) is 0.300. The van der Waals surface area contributed by atoms with Crippen molar-refractivity contribution in [3.63, 3.8) is 0 Å². The van der Waals surface area contributed by atoms with Crippen LogP contribution in [-0.4, -0.2) is 29.4 Å². The number of aliphatic imine (C=N–C) groups is 1. The Bertz CT molecular complexity index is 718. The average Bonchev–Trinajstić information content (AvgIpc) is 3.01. The molecule has 5 heteroatoms. The van der Waals surface area contributed by atoms with Crippen LogP contribution < -0.4 is 10.6 Å². The van der Waals surface area contributed by atoms with Gasteiger partial charge in [0, 0.05) is 18.8 Å². The van der Waals surface area contributed by atoms with Crippen LogP contribution in [0.4, 0.5) is 5.69 Å². The molecule has 1 unspecified atom stereocenters. The van der Waals surface area contributed by atoms with E-state index in [1.807, 2.05) is 48.5 Å². The number of carbonyl (C=O) groups is 1. The summed E-state index contributed by atoms with van der Waals surface area (Å²) in [6.45, 7) is 3.71. The molecule has 1 heterocycles. The molecule has 2 aromatic carbocycles. The van der Waals surface area contributed by atoms with Gasteiger partial charge < -0.3 is 10.6 Å². The van der Waals surface area contributed by atoms with E-state index in [-0.39, 0.29) is 11.2 Å². The molecule has 1 amide bonds. The first-order valence-corrected chi connectivity index (χ1v) is 9.47. The van der Waals surface area contributed by atoms with Gasteiger partial charge in [0.1, 0.15) is 0 Å². The van der Waals surface area contributed by atoms with E-state index in [1.165, 1.54) is 5.56 Å². The molecule has 4 nitrogen and oxygen atoms in total. The number of nitrogens with one attached hydrogen (secondary N) is 2. The molecule has 0 spiro atoms. The van der Waals surface area contributed by atoms with Crippen molar-refractivity contribution in [3.8, 4) is 0 Å². The van der Waals surface area contributed by atoms with Gasteiger partial charge in [-0.2, -0.15) is 4.99 Å². The van der Waals surface area contributed by atoms with Crippen molar-refractivity contribution in [1.29, 1.82) is 0 Å². The number of benzene rings is 2. The minimum atomic E-state index is -0.0919. The maximum atomic E-state index is 12.1. The van der Waals surface area contributed by atoms with Gasteiger partial charge in [0.15, 0.2) is 5.17 Å². The maximum Gasteiger partial charge on any atom is 0.261 e. The standard InChI is InChI=1S/C20H23N3OS/c1-15(16-8-4-2-5-9-16)14-22-20-23-19(24)18(25-20)12-13-21-17-10-6-3-7-11-17/h2-11,15,18,21H,12-14H2,1H3,(H,22,23,24)/t15-,18?/m1/s1. The Kier molecular flexibility index (Phi) is 6.12. The number of hydrogen-bond acceptors (Lipinski definition) is 4. The minimum Gasteiger partial charge on any atom is -0.385 e. The predicted molar refractivity (Wildman–Crippen MR) is 106 cm³/mol. The monoisotopic (exact) mass is 353 g/mol. The summed E-state index contributed by atoms with van der Waals surface area (Å²) in [5, 5.41) is 7.32. The van der Waals surface area contributed by atoms with Crippen molar-refractivity contribution in [2.75, 3.05) is 18.4 Å². The third-order valence-electron chi connectivity index (χ3n) is 4.18. The van der Waals surface area contributed by atoms with Crippen molar-refractivity contribution in [3.05, 3.63) is 66.2 Å². The lowest BCUT2D eigenvalue weighted by Crippen LogP contribution is -2.24.